The fraction of sp³-hybridized carbons (Fsp3) is 0.312. The number of carbonyl (C=O) groups excluding carboxylic acids is 2. The Morgan fingerprint density at radius 2 is 2.29 bits per heavy atom. The number of amides is 2. The van der Waals surface area contributed by atoms with Crippen molar-refractivity contribution in [3.63, 3.8) is 0 Å². The number of hydrogen-bond acceptors (Lipinski definition) is 4. The minimum Gasteiger partial charge on any atom is -0.343 e. The van der Waals surface area contributed by atoms with Crippen molar-refractivity contribution in [2.45, 2.75) is 17.7 Å². The second-order valence-corrected chi connectivity index (χ2v) is 6.81. The molecule has 2 amide bonds. The van der Waals surface area contributed by atoms with E-state index >= 15 is 0 Å². The molecule has 3 rings (SSSR count). The third-order valence-corrected chi connectivity index (χ3v) is 5.03. The van der Waals surface area contributed by atoms with Crippen LogP contribution >= 0.6 is 11.8 Å². The molecule has 1 aromatic heterocycles. The molecule has 2 heterocycles. The van der Waals surface area contributed by atoms with Gasteiger partial charge in [-0.15, -0.1) is 11.8 Å². The highest BCUT2D eigenvalue weighted by Crippen LogP contribution is 2.23. The minimum atomic E-state index is -0.612. The number of rotatable bonds is 4. The summed E-state index contributed by atoms with van der Waals surface area (Å²) in [5.74, 6) is -0.409. The van der Waals surface area contributed by atoms with Crippen molar-refractivity contribution in [2.75, 3.05) is 11.1 Å². The second kappa shape index (κ2) is 7.04. The van der Waals surface area contributed by atoms with E-state index in [1.54, 1.807) is 36.1 Å². The first-order chi connectivity index (χ1) is 11.5. The van der Waals surface area contributed by atoms with E-state index in [0.717, 1.165) is 0 Å². The molecule has 0 spiro atoms. The fourth-order valence-corrected chi connectivity index (χ4v) is 3.64. The average Bonchev–Trinajstić information content (AvgIpc) is 2.96. The first-order valence-corrected chi connectivity index (χ1v) is 8.52. The summed E-state index contributed by atoms with van der Waals surface area (Å²) in [5.41, 5.74) is 1.08. The van der Waals surface area contributed by atoms with Gasteiger partial charge in [0.25, 0.3) is 0 Å². The number of nitrogens with one attached hydrogen (secondary N) is 2. The van der Waals surface area contributed by atoms with Crippen molar-refractivity contribution in [3.8, 4) is 0 Å². The predicted octanol–water partition coefficient (Wildman–Crippen LogP) is 1.34. The van der Waals surface area contributed by atoms with E-state index in [1.165, 1.54) is 24.0 Å². The van der Waals surface area contributed by atoms with Crippen molar-refractivity contribution < 1.29 is 14.0 Å². The number of aromatic nitrogens is 2. The third kappa shape index (κ3) is 3.76. The van der Waals surface area contributed by atoms with Gasteiger partial charge in [-0.2, -0.15) is 5.10 Å². The highest BCUT2D eigenvalue weighted by molar-refractivity contribution is 8.00. The highest BCUT2D eigenvalue weighted by Gasteiger charge is 2.32. The summed E-state index contributed by atoms with van der Waals surface area (Å²) in [6.45, 7) is 0. The molecule has 6 nitrogen and oxygen atoms in total. The van der Waals surface area contributed by atoms with Gasteiger partial charge < -0.3 is 10.6 Å². The van der Waals surface area contributed by atoms with Gasteiger partial charge in [0, 0.05) is 19.0 Å². The predicted molar refractivity (Wildman–Crippen MR) is 90.1 cm³/mol. The van der Waals surface area contributed by atoms with Gasteiger partial charge in [0.05, 0.1) is 17.1 Å². The Morgan fingerprint density at radius 1 is 1.50 bits per heavy atom. The Balaban J connectivity index is 1.58. The molecule has 126 valence electrons. The number of anilines is 1. The summed E-state index contributed by atoms with van der Waals surface area (Å²) in [7, 11) is 1.75. The highest BCUT2D eigenvalue weighted by atomic mass is 32.2. The van der Waals surface area contributed by atoms with Crippen molar-refractivity contribution in [2.24, 2.45) is 7.05 Å². The lowest BCUT2D eigenvalue weighted by atomic mass is 10.1. The maximum absolute atomic E-state index is 13.7. The van der Waals surface area contributed by atoms with Crippen LogP contribution in [0.4, 0.5) is 10.1 Å². The summed E-state index contributed by atoms with van der Waals surface area (Å²) < 4.78 is 15.3. The number of benzene rings is 1. The normalized spacial score (nSPS) is 20.5. The van der Waals surface area contributed by atoms with Crippen molar-refractivity contribution >= 4 is 29.3 Å². The summed E-state index contributed by atoms with van der Waals surface area (Å²) in [6, 6.07) is 5.80. The molecule has 1 fully saturated rings. The molecule has 2 aromatic rings. The molecule has 1 aliphatic heterocycles. The molecular formula is C16H17FN4O2S. The molecule has 1 aromatic carbocycles. The van der Waals surface area contributed by atoms with Gasteiger partial charge >= 0.3 is 0 Å². The van der Waals surface area contributed by atoms with Crippen molar-refractivity contribution in [1.82, 2.24) is 15.1 Å². The van der Waals surface area contributed by atoms with E-state index in [4.69, 9.17) is 0 Å². The van der Waals surface area contributed by atoms with Gasteiger partial charge in [-0.1, -0.05) is 18.2 Å². The number of thioether (sulfide) groups is 1. The van der Waals surface area contributed by atoms with Crippen molar-refractivity contribution in [1.29, 1.82) is 0 Å². The molecule has 1 saturated heterocycles. The lowest BCUT2D eigenvalue weighted by Crippen LogP contribution is -2.52. The van der Waals surface area contributed by atoms with E-state index in [1.807, 2.05) is 0 Å². The zero-order valence-electron chi connectivity index (χ0n) is 13.0. The van der Waals surface area contributed by atoms with E-state index in [0.29, 0.717) is 23.4 Å². The Bertz CT molecular complexity index is 764. The molecule has 0 unspecified atom stereocenters. The van der Waals surface area contributed by atoms with Gasteiger partial charge in [0.1, 0.15) is 11.9 Å². The topological polar surface area (TPSA) is 76.0 Å². The molecule has 8 heteroatoms. The van der Waals surface area contributed by atoms with E-state index in [9.17, 15) is 14.0 Å². The van der Waals surface area contributed by atoms with Crippen LogP contribution in [-0.2, 0) is 23.1 Å². The SMILES string of the molecule is Cn1cc(NC(=O)[C@@H]2CS[C@H](Cc3ccccc3F)C(=O)N2)cn1. The van der Waals surface area contributed by atoms with Crippen LogP contribution in [0.25, 0.3) is 0 Å². The Kier molecular flexibility index (Phi) is 4.84. The molecule has 24 heavy (non-hydrogen) atoms. The summed E-state index contributed by atoms with van der Waals surface area (Å²) >= 11 is 1.37. The smallest absolute Gasteiger partial charge is 0.247 e. The summed E-state index contributed by atoms with van der Waals surface area (Å²) in [4.78, 5) is 24.4. The molecule has 0 bridgehead atoms. The van der Waals surface area contributed by atoms with Crippen molar-refractivity contribution in [3.05, 3.63) is 48.0 Å². The average molecular weight is 348 g/mol. The van der Waals surface area contributed by atoms with Crippen LogP contribution < -0.4 is 10.6 Å². The lowest BCUT2D eigenvalue weighted by molar-refractivity contribution is -0.126. The van der Waals surface area contributed by atoms with E-state index in [-0.39, 0.29) is 17.6 Å². The standard InChI is InChI=1S/C16H17FN4O2S/c1-21-8-11(7-18-21)19-15(22)13-9-24-14(16(23)20-13)6-10-4-2-3-5-12(10)17/h2-5,7-8,13-14H,6,9H2,1H3,(H,19,22)(H,20,23)/t13-,14+/m0/s1. The Hall–Kier alpha value is -2.35. The zero-order valence-corrected chi connectivity index (χ0v) is 13.8. The van der Waals surface area contributed by atoms with Gasteiger partial charge in [-0.05, 0) is 18.1 Å². The molecule has 2 atom stereocenters. The quantitative estimate of drug-likeness (QED) is 0.874. The van der Waals surface area contributed by atoms with E-state index in [2.05, 4.69) is 15.7 Å². The maximum atomic E-state index is 13.7. The van der Waals surface area contributed by atoms with E-state index < -0.39 is 11.3 Å². The first kappa shape index (κ1) is 16.5. The molecule has 1 aliphatic rings. The first-order valence-electron chi connectivity index (χ1n) is 7.48. The number of aryl methyl sites for hydroxylation is 1. The van der Waals surface area contributed by atoms with Crippen LogP contribution in [0, 0.1) is 5.82 Å². The van der Waals surface area contributed by atoms with Crippen LogP contribution in [0.5, 0.6) is 0 Å². The largest absolute Gasteiger partial charge is 0.343 e. The Labute approximate surface area is 142 Å². The number of hydrogen-bond donors (Lipinski definition) is 2. The fourth-order valence-electron chi connectivity index (χ4n) is 2.47. The van der Waals surface area contributed by atoms with Crippen LogP contribution in [0.3, 0.4) is 0 Å². The number of carbonyl (C=O) groups is 2. The van der Waals surface area contributed by atoms with Crippen LogP contribution in [0.1, 0.15) is 5.56 Å². The molecule has 0 radical (unpaired) electrons. The lowest BCUT2D eigenvalue weighted by Gasteiger charge is -2.28. The maximum Gasteiger partial charge on any atom is 0.247 e. The monoisotopic (exact) mass is 348 g/mol. The Morgan fingerprint density at radius 3 is 2.96 bits per heavy atom. The molecular weight excluding hydrogens is 331 g/mol. The van der Waals surface area contributed by atoms with Crippen LogP contribution in [0.2, 0.25) is 0 Å². The molecule has 2 N–H and O–H groups in total. The van der Waals surface area contributed by atoms with Crippen LogP contribution in [-0.4, -0.2) is 38.6 Å². The molecule has 0 saturated carbocycles. The second-order valence-electron chi connectivity index (χ2n) is 5.57. The molecule has 0 aliphatic carbocycles. The summed E-state index contributed by atoms with van der Waals surface area (Å²) in [5, 5.41) is 9.00. The zero-order chi connectivity index (χ0) is 17.1. The van der Waals surface area contributed by atoms with Gasteiger partial charge in [0.2, 0.25) is 11.8 Å². The van der Waals surface area contributed by atoms with Crippen LogP contribution in [0.15, 0.2) is 36.7 Å². The van der Waals surface area contributed by atoms with Gasteiger partial charge in [0.15, 0.2) is 0 Å². The van der Waals surface area contributed by atoms with Gasteiger partial charge in [-0.25, -0.2) is 4.39 Å². The number of nitrogens with zero attached hydrogens (tertiary/aromatic N) is 2. The van der Waals surface area contributed by atoms with Gasteiger partial charge in [-0.3, -0.25) is 14.3 Å². The third-order valence-electron chi connectivity index (χ3n) is 3.73. The minimum absolute atomic E-state index is 0.249. The number of halogens is 1. The summed E-state index contributed by atoms with van der Waals surface area (Å²) in [6.07, 6.45) is 3.52.